The molecule has 2 saturated carbocycles. The number of nitrogens with one attached hydrogen (secondary N) is 3. The number of benzene rings is 1. The van der Waals surface area contributed by atoms with Gasteiger partial charge in [-0.2, -0.15) is 0 Å². The quantitative estimate of drug-likeness (QED) is 0.328. The molecule has 2 aliphatic heterocycles. The van der Waals surface area contributed by atoms with Gasteiger partial charge < -0.3 is 34.5 Å². The molecule has 3 heterocycles. The van der Waals surface area contributed by atoms with E-state index in [1.54, 1.807) is 47.3 Å². The normalized spacial score (nSPS) is 30.0. The smallest absolute Gasteiger partial charge is 0.408 e. The summed E-state index contributed by atoms with van der Waals surface area (Å²) in [5, 5.41) is 7.10. The summed E-state index contributed by atoms with van der Waals surface area (Å²) in [4.78, 5) is 62.1. The highest BCUT2D eigenvalue weighted by Crippen LogP contribution is 2.46. The van der Waals surface area contributed by atoms with E-state index in [-0.39, 0.29) is 41.8 Å². The fourth-order valence-corrected chi connectivity index (χ4v) is 8.42. The van der Waals surface area contributed by atoms with Gasteiger partial charge in [0.2, 0.25) is 17.7 Å². The minimum atomic E-state index is -1.55. The van der Waals surface area contributed by atoms with E-state index >= 15 is 0 Å². The number of carbonyl (C=O) groups is 4. The number of fused-ring (bicyclic) bond motifs is 3. The molecule has 6 rings (SSSR count). The Hall–Kier alpha value is -4.40. The summed E-state index contributed by atoms with van der Waals surface area (Å²) in [6.07, 6.45) is 8.33. The van der Waals surface area contributed by atoms with Gasteiger partial charge in [0.25, 0.3) is 5.91 Å². The van der Waals surface area contributed by atoms with Crippen LogP contribution in [0.1, 0.15) is 79.6 Å². The maximum atomic E-state index is 14.7. The number of carbonyl (C=O) groups excluding carboxylic acids is 4. The van der Waals surface area contributed by atoms with E-state index in [0.717, 1.165) is 25.7 Å². The Morgan fingerprint density at radius 1 is 1.04 bits per heavy atom. The molecule has 2 aromatic rings. The number of pyridine rings is 1. The lowest BCUT2D eigenvalue weighted by Crippen LogP contribution is -2.59. The number of nitrogens with zero attached hydrogens (tertiary/aromatic N) is 2. The molecule has 4 aliphatic rings. The molecule has 3 N–H and O–H groups in total. The second-order valence-corrected chi connectivity index (χ2v) is 17.6. The Bertz CT molecular complexity index is 1830. The molecule has 3 fully saturated rings. The molecule has 0 radical (unpaired) electrons. The summed E-state index contributed by atoms with van der Waals surface area (Å²) >= 11 is 0. The van der Waals surface area contributed by atoms with Gasteiger partial charge in [-0.25, -0.2) is 14.0 Å². The summed E-state index contributed by atoms with van der Waals surface area (Å²) in [6.45, 7) is 9.24. The van der Waals surface area contributed by atoms with Crippen molar-refractivity contribution < 1.29 is 42.3 Å². The number of amides is 4. The first-order chi connectivity index (χ1) is 25.6. The van der Waals surface area contributed by atoms with E-state index in [1.165, 1.54) is 4.90 Å². The molecule has 14 nitrogen and oxygen atoms in total. The predicted molar refractivity (Wildman–Crippen MR) is 202 cm³/mol. The van der Waals surface area contributed by atoms with Crippen molar-refractivity contribution in [2.24, 2.45) is 17.8 Å². The number of allylic oxidation sites excluding steroid dienone is 1. The second kappa shape index (κ2) is 15.8. The molecule has 0 spiro atoms. The lowest BCUT2D eigenvalue weighted by Gasteiger charge is -2.32. The first-order valence-electron chi connectivity index (χ1n) is 18.8. The first-order valence-corrected chi connectivity index (χ1v) is 20.0. The van der Waals surface area contributed by atoms with E-state index in [0.29, 0.717) is 35.1 Å². The molecule has 294 valence electrons. The fourth-order valence-electron chi connectivity index (χ4n) is 7.33. The van der Waals surface area contributed by atoms with Gasteiger partial charge in [0, 0.05) is 23.1 Å². The van der Waals surface area contributed by atoms with Crippen LogP contribution in [0.25, 0.3) is 10.8 Å². The van der Waals surface area contributed by atoms with Crippen LogP contribution in [0.4, 0.5) is 4.79 Å². The van der Waals surface area contributed by atoms with Crippen LogP contribution in [0, 0.1) is 17.8 Å². The lowest BCUT2D eigenvalue weighted by molar-refractivity contribution is -0.142. The van der Waals surface area contributed by atoms with Gasteiger partial charge in [0.15, 0.2) is 0 Å². The van der Waals surface area contributed by atoms with E-state index < -0.39 is 64.1 Å². The fraction of sp³-hybridized carbons (Fsp3) is 0.615. The van der Waals surface area contributed by atoms with E-state index in [1.807, 2.05) is 25.1 Å². The number of hydrogen-bond acceptors (Lipinski definition) is 10. The van der Waals surface area contributed by atoms with Crippen LogP contribution in [0.2, 0.25) is 0 Å². The van der Waals surface area contributed by atoms with Gasteiger partial charge in [-0.05, 0) is 82.9 Å². The minimum absolute atomic E-state index is 0.00670. The van der Waals surface area contributed by atoms with Gasteiger partial charge in [0.05, 0.1) is 32.2 Å². The summed E-state index contributed by atoms with van der Waals surface area (Å²) in [5.41, 5.74) is -2.12. The van der Waals surface area contributed by atoms with Crippen molar-refractivity contribution in [2.45, 2.75) is 114 Å². The summed E-state index contributed by atoms with van der Waals surface area (Å²) < 4.78 is 38.5. The average Bonchev–Trinajstić information content (AvgIpc) is 4.05. The number of hydrogen-bond donors (Lipinski definition) is 3. The van der Waals surface area contributed by atoms with Gasteiger partial charge >= 0.3 is 6.09 Å². The van der Waals surface area contributed by atoms with Crippen LogP contribution >= 0.6 is 0 Å². The van der Waals surface area contributed by atoms with Gasteiger partial charge in [-0.15, -0.1) is 0 Å². The number of alkyl carbamates (subject to hydrolysis) is 1. The van der Waals surface area contributed by atoms with Crippen molar-refractivity contribution in [3.05, 3.63) is 36.5 Å². The van der Waals surface area contributed by atoms with Crippen molar-refractivity contribution in [3.8, 4) is 17.4 Å². The number of aromatic nitrogens is 1. The van der Waals surface area contributed by atoms with Crippen LogP contribution in [0.3, 0.4) is 0 Å². The molecule has 1 unspecified atom stereocenters. The van der Waals surface area contributed by atoms with Crippen LogP contribution in [0.15, 0.2) is 36.5 Å². The van der Waals surface area contributed by atoms with Crippen molar-refractivity contribution >= 4 is 45.6 Å². The third kappa shape index (κ3) is 8.76. The Morgan fingerprint density at radius 2 is 1.80 bits per heavy atom. The zero-order valence-electron chi connectivity index (χ0n) is 32.1. The Kier molecular flexibility index (Phi) is 11.5. The molecule has 1 saturated heterocycles. The molecule has 1 aromatic heterocycles. The van der Waals surface area contributed by atoms with E-state index in [4.69, 9.17) is 18.9 Å². The first kappa shape index (κ1) is 39.3. The van der Waals surface area contributed by atoms with Crippen LogP contribution < -0.4 is 29.6 Å². The Morgan fingerprint density at radius 3 is 2.48 bits per heavy atom. The zero-order chi connectivity index (χ0) is 38.9. The van der Waals surface area contributed by atoms with Crippen molar-refractivity contribution in [1.29, 1.82) is 0 Å². The molecule has 1 aromatic carbocycles. The molecular weight excluding hydrogens is 715 g/mol. The maximum absolute atomic E-state index is 14.7. The number of rotatable bonds is 8. The molecule has 0 bridgehead atoms. The zero-order valence-corrected chi connectivity index (χ0v) is 33.0. The number of methoxy groups -OCH3 is 2. The van der Waals surface area contributed by atoms with Gasteiger partial charge in [-0.1, -0.05) is 32.4 Å². The van der Waals surface area contributed by atoms with Gasteiger partial charge in [-0.3, -0.25) is 19.1 Å². The van der Waals surface area contributed by atoms with Crippen LogP contribution in [0.5, 0.6) is 17.4 Å². The van der Waals surface area contributed by atoms with E-state index in [2.05, 4.69) is 33.3 Å². The topological polar surface area (TPSA) is 174 Å². The van der Waals surface area contributed by atoms with Gasteiger partial charge in [0.1, 0.15) is 51.8 Å². The summed E-state index contributed by atoms with van der Waals surface area (Å²) in [6, 6.07) is 3.33. The summed E-state index contributed by atoms with van der Waals surface area (Å²) in [7, 11) is 1.56. The summed E-state index contributed by atoms with van der Waals surface area (Å²) in [5.74, 6) is -0.535. The molecule has 54 heavy (non-hydrogen) atoms. The predicted octanol–water partition coefficient (Wildman–Crippen LogP) is 4.32. The SMILES string of the molecule is COc1ccc2c(O[C@@H]3C[C@H]4C(=O)N[C@]5(C(=O)NS(=O)C6CC6)C[C@H]5/C=C\[C@H](C)CCC[C@@H](C)[C@H](NC(=O)OC(C)(C)C)C(=O)N4C3)ncc(OC)c2c1. The standard InChI is InChI=1S/C39H53N5O9S/c1-22-9-8-10-23(2)32(41-37(48)53-38(3,4)5)35(46)44-21-26(52-34-28-16-13-25(50-6)17-29(28)31(51-7)20-40-34)18-30(44)33(45)42-39(19-24(39)12-11-22)36(47)43-54(49)27-14-15-27/h11-13,16-17,20,22-24,26-27,30,32H,8-10,14-15,18-19,21H2,1-7H3,(H,41,48)(H,42,45)(H,43,47)/b12-11-/t22-,23-,24-,26-,30+,32+,39-,54?/m1/s1. The monoisotopic (exact) mass is 767 g/mol. The third-order valence-corrected chi connectivity index (χ3v) is 12.1. The third-order valence-electron chi connectivity index (χ3n) is 10.7. The largest absolute Gasteiger partial charge is 0.497 e. The highest BCUT2D eigenvalue weighted by Gasteiger charge is 2.61. The highest BCUT2D eigenvalue weighted by atomic mass is 32.2. The Labute approximate surface area is 319 Å². The van der Waals surface area contributed by atoms with Crippen molar-refractivity contribution in [2.75, 3.05) is 20.8 Å². The molecule has 15 heteroatoms. The molecule has 8 atom stereocenters. The lowest BCUT2D eigenvalue weighted by atomic mass is 9.92. The maximum Gasteiger partial charge on any atom is 0.408 e. The highest BCUT2D eigenvalue weighted by molar-refractivity contribution is 7.84. The molecule has 4 amide bonds. The number of ether oxygens (including phenoxy) is 4. The Balaban J connectivity index is 1.34. The molecule has 2 aliphatic carbocycles. The van der Waals surface area contributed by atoms with Crippen molar-refractivity contribution in [3.63, 3.8) is 0 Å². The van der Waals surface area contributed by atoms with Crippen LogP contribution in [-0.4, -0.2) is 93.2 Å². The van der Waals surface area contributed by atoms with Crippen LogP contribution in [-0.2, 0) is 30.1 Å². The van der Waals surface area contributed by atoms with Crippen molar-refractivity contribution in [1.82, 2.24) is 25.2 Å². The molecular formula is C39H53N5O9S. The average molecular weight is 768 g/mol. The second-order valence-electron chi connectivity index (χ2n) is 16.1. The van der Waals surface area contributed by atoms with E-state index in [9.17, 15) is 23.4 Å². The minimum Gasteiger partial charge on any atom is -0.497 e.